The SMILES string of the molecule is CCCC1CCCN1S(=O)(=O)c1ccc(C)cc1. The Hall–Kier alpha value is -0.870. The fourth-order valence-electron chi connectivity index (χ4n) is 2.59. The average molecular weight is 267 g/mol. The van der Waals surface area contributed by atoms with Crippen molar-refractivity contribution in [1.82, 2.24) is 4.31 Å². The molecule has 0 spiro atoms. The van der Waals surface area contributed by atoms with E-state index in [1.807, 2.05) is 19.1 Å². The van der Waals surface area contributed by atoms with Crippen LogP contribution >= 0.6 is 0 Å². The minimum absolute atomic E-state index is 0.196. The smallest absolute Gasteiger partial charge is 0.207 e. The molecule has 1 aliphatic heterocycles. The summed E-state index contributed by atoms with van der Waals surface area (Å²) in [6.45, 7) is 4.74. The first kappa shape index (κ1) is 13.6. The zero-order chi connectivity index (χ0) is 13.2. The minimum Gasteiger partial charge on any atom is -0.207 e. The molecule has 4 heteroatoms. The maximum Gasteiger partial charge on any atom is 0.243 e. The Balaban J connectivity index is 2.27. The molecule has 0 aliphatic carbocycles. The molecule has 0 aromatic heterocycles. The van der Waals surface area contributed by atoms with Crippen molar-refractivity contribution >= 4 is 10.0 Å². The summed E-state index contributed by atoms with van der Waals surface area (Å²) in [5, 5.41) is 0. The van der Waals surface area contributed by atoms with E-state index in [0.29, 0.717) is 11.4 Å². The van der Waals surface area contributed by atoms with Gasteiger partial charge in [0.25, 0.3) is 0 Å². The fourth-order valence-corrected chi connectivity index (χ4v) is 4.32. The van der Waals surface area contributed by atoms with Crippen LogP contribution < -0.4 is 0 Å². The molecule has 3 nitrogen and oxygen atoms in total. The van der Waals surface area contributed by atoms with E-state index in [-0.39, 0.29) is 6.04 Å². The fraction of sp³-hybridized carbons (Fsp3) is 0.571. The molecule has 1 aromatic rings. The Morgan fingerprint density at radius 2 is 1.94 bits per heavy atom. The molecule has 2 rings (SSSR count). The minimum atomic E-state index is -3.29. The summed E-state index contributed by atoms with van der Waals surface area (Å²) in [4.78, 5) is 0.427. The van der Waals surface area contributed by atoms with Crippen molar-refractivity contribution in [2.75, 3.05) is 6.54 Å². The molecule has 1 aliphatic rings. The molecular formula is C14H21NO2S. The van der Waals surface area contributed by atoms with Gasteiger partial charge in [-0.25, -0.2) is 8.42 Å². The number of rotatable bonds is 4. The van der Waals surface area contributed by atoms with Crippen LogP contribution in [0.2, 0.25) is 0 Å². The summed E-state index contributed by atoms with van der Waals surface area (Å²) in [5.74, 6) is 0. The van der Waals surface area contributed by atoms with E-state index in [0.717, 1.165) is 31.2 Å². The number of hydrogen-bond acceptors (Lipinski definition) is 2. The second-order valence-corrected chi connectivity index (χ2v) is 6.90. The number of sulfonamides is 1. The summed E-state index contributed by atoms with van der Waals surface area (Å²) < 4.78 is 26.8. The predicted molar refractivity (Wildman–Crippen MR) is 73.0 cm³/mol. The molecular weight excluding hydrogens is 246 g/mol. The van der Waals surface area contributed by atoms with Crippen LogP contribution in [-0.4, -0.2) is 25.3 Å². The Kier molecular flexibility index (Phi) is 4.07. The van der Waals surface area contributed by atoms with Crippen molar-refractivity contribution in [3.63, 3.8) is 0 Å². The van der Waals surface area contributed by atoms with Gasteiger partial charge in [0.05, 0.1) is 4.90 Å². The van der Waals surface area contributed by atoms with Crippen molar-refractivity contribution in [2.45, 2.75) is 50.5 Å². The lowest BCUT2D eigenvalue weighted by atomic mass is 10.1. The average Bonchev–Trinajstić information content (AvgIpc) is 2.79. The van der Waals surface area contributed by atoms with E-state index in [4.69, 9.17) is 0 Å². The number of hydrogen-bond donors (Lipinski definition) is 0. The van der Waals surface area contributed by atoms with Crippen LogP contribution in [0.5, 0.6) is 0 Å². The summed E-state index contributed by atoms with van der Waals surface area (Å²) in [7, 11) is -3.29. The van der Waals surface area contributed by atoms with Crippen LogP contribution in [0.1, 0.15) is 38.2 Å². The zero-order valence-electron chi connectivity index (χ0n) is 11.1. The molecule has 1 fully saturated rings. The second-order valence-electron chi connectivity index (χ2n) is 5.01. The van der Waals surface area contributed by atoms with Crippen LogP contribution in [-0.2, 0) is 10.0 Å². The molecule has 18 heavy (non-hydrogen) atoms. The lowest BCUT2D eigenvalue weighted by Gasteiger charge is -2.23. The van der Waals surface area contributed by atoms with Gasteiger partial charge in [-0.1, -0.05) is 31.0 Å². The maximum absolute atomic E-state index is 12.6. The van der Waals surface area contributed by atoms with Crippen LogP contribution in [0.4, 0.5) is 0 Å². The van der Waals surface area contributed by atoms with Gasteiger partial charge in [-0.2, -0.15) is 4.31 Å². The number of nitrogens with zero attached hydrogens (tertiary/aromatic N) is 1. The van der Waals surface area contributed by atoms with Crippen LogP contribution in [0.15, 0.2) is 29.2 Å². The standard InChI is InChI=1S/C14H21NO2S/c1-3-5-13-6-4-11-15(13)18(16,17)14-9-7-12(2)8-10-14/h7-10,13H,3-6,11H2,1-2H3. The number of aryl methyl sites for hydroxylation is 1. The molecule has 0 N–H and O–H groups in total. The summed E-state index contributed by atoms with van der Waals surface area (Å²) in [5.41, 5.74) is 1.08. The molecule has 0 bridgehead atoms. The van der Waals surface area contributed by atoms with Crippen molar-refractivity contribution in [3.8, 4) is 0 Å². The Labute approximate surface area is 110 Å². The first-order chi connectivity index (χ1) is 8.55. The normalized spacial score (nSPS) is 21.3. The lowest BCUT2D eigenvalue weighted by Crippen LogP contribution is -2.35. The lowest BCUT2D eigenvalue weighted by molar-refractivity contribution is 0.368. The molecule has 0 radical (unpaired) electrons. The Morgan fingerprint density at radius 3 is 2.56 bits per heavy atom. The molecule has 1 aromatic carbocycles. The van der Waals surface area contributed by atoms with Gasteiger partial charge in [-0.3, -0.25) is 0 Å². The highest BCUT2D eigenvalue weighted by atomic mass is 32.2. The molecule has 1 unspecified atom stereocenters. The highest BCUT2D eigenvalue weighted by Gasteiger charge is 2.34. The van der Waals surface area contributed by atoms with Gasteiger partial charge in [-0.05, 0) is 38.3 Å². The predicted octanol–water partition coefficient (Wildman–Crippen LogP) is 2.95. The molecule has 1 saturated heterocycles. The van der Waals surface area contributed by atoms with Crippen LogP contribution in [0.25, 0.3) is 0 Å². The van der Waals surface area contributed by atoms with Gasteiger partial charge < -0.3 is 0 Å². The largest absolute Gasteiger partial charge is 0.243 e. The quantitative estimate of drug-likeness (QED) is 0.841. The molecule has 0 amide bonds. The highest BCUT2D eigenvalue weighted by molar-refractivity contribution is 7.89. The van der Waals surface area contributed by atoms with Gasteiger partial charge in [0.1, 0.15) is 0 Å². The van der Waals surface area contributed by atoms with E-state index in [2.05, 4.69) is 6.92 Å². The van der Waals surface area contributed by atoms with Crippen molar-refractivity contribution in [1.29, 1.82) is 0 Å². The summed E-state index contributed by atoms with van der Waals surface area (Å²) >= 11 is 0. The Bertz CT molecular complexity index is 493. The topological polar surface area (TPSA) is 37.4 Å². The van der Waals surface area contributed by atoms with Crippen LogP contribution in [0.3, 0.4) is 0 Å². The van der Waals surface area contributed by atoms with E-state index in [1.165, 1.54) is 0 Å². The molecule has 100 valence electrons. The van der Waals surface area contributed by atoms with Crippen molar-refractivity contribution in [2.24, 2.45) is 0 Å². The molecule has 1 heterocycles. The van der Waals surface area contributed by atoms with Crippen LogP contribution in [0, 0.1) is 6.92 Å². The molecule has 1 atom stereocenters. The van der Waals surface area contributed by atoms with Crippen molar-refractivity contribution < 1.29 is 8.42 Å². The first-order valence-corrected chi connectivity index (χ1v) is 8.08. The van der Waals surface area contributed by atoms with Gasteiger partial charge >= 0.3 is 0 Å². The van der Waals surface area contributed by atoms with Crippen molar-refractivity contribution in [3.05, 3.63) is 29.8 Å². The summed E-state index contributed by atoms with van der Waals surface area (Å²) in [6.07, 6.45) is 3.98. The Morgan fingerprint density at radius 1 is 1.28 bits per heavy atom. The van der Waals surface area contributed by atoms with Gasteiger partial charge in [0, 0.05) is 12.6 Å². The third-order valence-corrected chi connectivity index (χ3v) is 5.54. The summed E-state index contributed by atoms with van der Waals surface area (Å²) in [6, 6.07) is 7.34. The van der Waals surface area contributed by atoms with E-state index < -0.39 is 10.0 Å². The third kappa shape index (κ3) is 2.59. The highest BCUT2D eigenvalue weighted by Crippen LogP contribution is 2.28. The monoisotopic (exact) mass is 267 g/mol. The zero-order valence-corrected chi connectivity index (χ0v) is 11.9. The van der Waals surface area contributed by atoms with E-state index in [9.17, 15) is 8.42 Å². The molecule has 0 saturated carbocycles. The third-order valence-electron chi connectivity index (χ3n) is 3.57. The van der Waals surface area contributed by atoms with Gasteiger partial charge in [-0.15, -0.1) is 0 Å². The van der Waals surface area contributed by atoms with Gasteiger partial charge in [0.2, 0.25) is 10.0 Å². The maximum atomic E-state index is 12.6. The van der Waals surface area contributed by atoms with E-state index >= 15 is 0 Å². The van der Waals surface area contributed by atoms with E-state index in [1.54, 1.807) is 16.4 Å². The second kappa shape index (κ2) is 5.41. The number of benzene rings is 1. The first-order valence-electron chi connectivity index (χ1n) is 6.64. The van der Waals surface area contributed by atoms with Gasteiger partial charge in [0.15, 0.2) is 0 Å².